The van der Waals surface area contributed by atoms with Crippen molar-refractivity contribution in [3.05, 3.63) is 29.0 Å². The second-order valence-corrected chi connectivity index (χ2v) is 4.31. The zero-order valence-electron chi connectivity index (χ0n) is 8.12. The van der Waals surface area contributed by atoms with Gasteiger partial charge in [0.1, 0.15) is 0 Å². The Labute approximate surface area is 92.6 Å². The van der Waals surface area contributed by atoms with Gasteiger partial charge in [-0.3, -0.25) is 0 Å². The van der Waals surface area contributed by atoms with Crippen molar-refractivity contribution in [2.45, 2.75) is 18.9 Å². The third kappa shape index (κ3) is 2.61. The van der Waals surface area contributed by atoms with E-state index in [1.165, 1.54) is 12.1 Å². The van der Waals surface area contributed by atoms with Crippen LogP contribution < -0.4 is 4.74 Å². The van der Waals surface area contributed by atoms with Gasteiger partial charge in [0.2, 0.25) is 0 Å². The van der Waals surface area contributed by atoms with Crippen LogP contribution in [0.2, 0.25) is 5.02 Å². The smallest absolute Gasteiger partial charge is 0.166 e. The van der Waals surface area contributed by atoms with Crippen molar-refractivity contribution in [2.24, 2.45) is 5.92 Å². The summed E-state index contributed by atoms with van der Waals surface area (Å²) in [5.41, 5.74) is 0. The number of ether oxygens (including phenoxy) is 1. The summed E-state index contributed by atoms with van der Waals surface area (Å²) in [6, 6.07) is 4.34. The number of aliphatic hydroxyl groups is 1. The highest BCUT2D eigenvalue weighted by molar-refractivity contribution is 6.30. The lowest BCUT2D eigenvalue weighted by molar-refractivity contribution is 0.0196. The quantitative estimate of drug-likeness (QED) is 0.865. The van der Waals surface area contributed by atoms with E-state index in [2.05, 4.69) is 0 Å². The van der Waals surface area contributed by atoms with Gasteiger partial charge in [-0.1, -0.05) is 11.6 Å². The molecule has 4 heteroatoms. The number of benzene rings is 1. The van der Waals surface area contributed by atoms with Crippen molar-refractivity contribution in [1.82, 2.24) is 0 Å². The van der Waals surface area contributed by atoms with Crippen LogP contribution in [0, 0.1) is 11.7 Å². The second kappa shape index (κ2) is 4.37. The van der Waals surface area contributed by atoms with E-state index in [1.807, 2.05) is 0 Å². The Morgan fingerprint density at radius 2 is 2.20 bits per heavy atom. The molecule has 0 unspecified atom stereocenters. The highest BCUT2D eigenvalue weighted by Crippen LogP contribution is 2.29. The largest absolute Gasteiger partial charge is 0.490 e. The maximum Gasteiger partial charge on any atom is 0.166 e. The monoisotopic (exact) mass is 230 g/mol. The Balaban J connectivity index is 1.88. The molecule has 0 bridgehead atoms. The molecule has 82 valence electrons. The number of hydrogen-bond acceptors (Lipinski definition) is 2. The van der Waals surface area contributed by atoms with Gasteiger partial charge >= 0.3 is 0 Å². The maximum atomic E-state index is 13.2. The molecule has 2 nitrogen and oxygen atoms in total. The van der Waals surface area contributed by atoms with E-state index in [9.17, 15) is 4.39 Å². The summed E-state index contributed by atoms with van der Waals surface area (Å²) in [5.74, 6) is 0.123. The Kier molecular flexibility index (Phi) is 3.12. The Bertz CT molecular complexity index is 350. The predicted octanol–water partition coefficient (Wildman–Crippen LogP) is 2.63. The molecule has 0 amide bonds. The van der Waals surface area contributed by atoms with E-state index in [4.69, 9.17) is 21.4 Å². The van der Waals surface area contributed by atoms with Gasteiger partial charge in [0.25, 0.3) is 0 Å². The molecule has 1 fully saturated rings. The molecule has 0 radical (unpaired) electrons. The molecule has 0 aliphatic heterocycles. The van der Waals surface area contributed by atoms with E-state index in [-0.39, 0.29) is 11.9 Å². The Hall–Kier alpha value is -0.800. The van der Waals surface area contributed by atoms with Crippen molar-refractivity contribution in [2.75, 3.05) is 6.61 Å². The highest BCUT2D eigenvalue weighted by Gasteiger charge is 2.27. The molecule has 15 heavy (non-hydrogen) atoms. The molecule has 1 saturated carbocycles. The third-order valence-corrected chi connectivity index (χ3v) is 2.81. The SMILES string of the molecule is OC1CC(COc2ccc(Cl)cc2F)C1. The van der Waals surface area contributed by atoms with Crippen molar-refractivity contribution in [3.63, 3.8) is 0 Å². The standard InChI is InChI=1S/C11H12ClFO2/c12-8-1-2-11(10(13)5-8)15-6-7-3-9(14)4-7/h1-2,5,7,9,14H,3-4,6H2. The van der Waals surface area contributed by atoms with Crippen LogP contribution in [0.4, 0.5) is 4.39 Å². The lowest BCUT2D eigenvalue weighted by Crippen LogP contribution is -2.32. The van der Waals surface area contributed by atoms with Crippen molar-refractivity contribution >= 4 is 11.6 Å². The minimum absolute atomic E-state index is 0.200. The molecule has 1 aromatic carbocycles. The van der Waals surface area contributed by atoms with Gasteiger partial charge in [0.15, 0.2) is 11.6 Å². The summed E-state index contributed by atoms with van der Waals surface area (Å²) in [6.45, 7) is 0.454. The Morgan fingerprint density at radius 1 is 1.47 bits per heavy atom. The third-order valence-electron chi connectivity index (χ3n) is 2.58. The molecular formula is C11H12ClFO2. The topological polar surface area (TPSA) is 29.5 Å². The zero-order valence-corrected chi connectivity index (χ0v) is 8.88. The van der Waals surface area contributed by atoms with E-state index in [1.54, 1.807) is 6.07 Å². The van der Waals surface area contributed by atoms with Gasteiger partial charge in [-0.25, -0.2) is 4.39 Å². The van der Waals surface area contributed by atoms with Crippen LogP contribution in [-0.2, 0) is 0 Å². The second-order valence-electron chi connectivity index (χ2n) is 3.88. The predicted molar refractivity (Wildman–Crippen MR) is 55.6 cm³/mol. The molecule has 2 rings (SSSR count). The minimum atomic E-state index is -0.442. The zero-order chi connectivity index (χ0) is 10.8. The molecule has 0 atom stereocenters. The molecule has 1 N–H and O–H groups in total. The first-order valence-corrected chi connectivity index (χ1v) is 5.29. The van der Waals surface area contributed by atoms with Gasteiger partial charge in [0.05, 0.1) is 12.7 Å². The molecule has 1 aromatic rings. The van der Waals surface area contributed by atoms with Crippen molar-refractivity contribution in [3.8, 4) is 5.75 Å². The number of hydrogen-bond donors (Lipinski definition) is 1. The first kappa shape index (κ1) is 10.7. The molecule has 1 aliphatic rings. The fourth-order valence-corrected chi connectivity index (χ4v) is 1.80. The summed E-state index contributed by atoms with van der Waals surface area (Å²) in [4.78, 5) is 0. The van der Waals surface area contributed by atoms with Gasteiger partial charge < -0.3 is 9.84 Å². The van der Waals surface area contributed by atoms with E-state index in [0.717, 1.165) is 12.8 Å². The first-order chi connectivity index (χ1) is 7.15. The average molecular weight is 231 g/mol. The van der Waals surface area contributed by atoms with E-state index >= 15 is 0 Å². The van der Waals surface area contributed by atoms with Gasteiger partial charge in [-0.15, -0.1) is 0 Å². The van der Waals surface area contributed by atoms with Gasteiger partial charge in [-0.2, -0.15) is 0 Å². The lowest BCUT2D eigenvalue weighted by atomic mass is 9.83. The number of halogens is 2. The first-order valence-electron chi connectivity index (χ1n) is 4.91. The van der Waals surface area contributed by atoms with Crippen molar-refractivity contribution < 1.29 is 14.2 Å². The van der Waals surface area contributed by atoms with Crippen LogP contribution in [0.3, 0.4) is 0 Å². The maximum absolute atomic E-state index is 13.2. The van der Waals surface area contributed by atoms with Crippen LogP contribution in [0.15, 0.2) is 18.2 Å². The van der Waals surface area contributed by atoms with Crippen LogP contribution in [0.1, 0.15) is 12.8 Å². The van der Waals surface area contributed by atoms with Crippen LogP contribution >= 0.6 is 11.6 Å². The van der Waals surface area contributed by atoms with E-state index in [0.29, 0.717) is 17.5 Å². The fourth-order valence-electron chi connectivity index (χ4n) is 1.64. The molecule has 0 spiro atoms. The normalized spacial score (nSPS) is 24.7. The summed E-state index contributed by atoms with van der Waals surface area (Å²) in [7, 11) is 0. The molecule has 0 aromatic heterocycles. The van der Waals surface area contributed by atoms with Crippen LogP contribution in [0.5, 0.6) is 5.75 Å². The van der Waals surface area contributed by atoms with Crippen molar-refractivity contribution in [1.29, 1.82) is 0 Å². The summed E-state index contributed by atoms with van der Waals surface area (Å²) in [6.07, 6.45) is 1.29. The fraction of sp³-hybridized carbons (Fsp3) is 0.455. The summed E-state index contributed by atoms with van der Waals surface area (Å²) < 4.78 is 18.5. The number of rotatable bonds is 3. The Morgan fingerprint density at radius 3 is 2.80 bits per heavy atom. The van der Waals surface area contributed by atoms with Crippen LogP contribution in [0.25, 0.3) is 0 Å². The number of aliphatic hydroxyl groups excluding tert-OH is 1. The molecule has 0 saturated heterocycles. The molecule has 1 aliphatic carbocycles. The minimum Gasteiger partial charge on any atom is -0.490 e. The van der Waals surface area contributed by atoms with Gasteiger partial charge in [-0.05, 0) is 37.0 Å². The summed E-state index contributed by atoms with van der Waals surface area (Å²) in [5, 5.41) is 9.42. The lowest BCUT2D eigenvalue weighted by Gasteiger charge is -2.30. The summed E-state index contributed by atoms with van der Waals surface area (Å²) >= 11 is 5.61. The molecular weight excluding hydrogens is 219 g/mol. The average Bonchev–Trinajstić information content (AvgIpc) is 2.13. The van der Waals surface area contributed by atoms with E-state index < -0.39 is 5.82 Å². The van der Waals surface area contributed by atoms with Crippen LogP contribution in [-0.4, -0.2) is 17.8 Å². The molecule has 0 heterocycles. The van der Waals surface area contributed by atoms with Gasteiger partial charge in [0, 0.05) is 5.02 Å². The highest BCUT2D eigenvalue weighted by atomic mass is 35.5.